The van der Waals surface area contributed by atoms with E-state index in [1.165, 1.54) is 0 Å². The highest BCUT2D eigenvalue weighted by Gasteiger charge is 2.17. The van der Waals surface area contributed by atoms with Crippen LogP contribution in [0.2, 0.25) is 0 Å². The number of nitrogens with one attached hydrogen (secondary N) is 1. The third-order valence-corrected chi connectivity index (χ3v) is 3.20. The van der Waals surface area contributed by atoms with Crippen molar-refractivity contribution < 1.29 is 9.90 Å². The summed E-state index contributed by atoms with van der Waals surface area (Å²) in [4.78, 5) is 17.6. The highest BCUT2D eigenvalue weighted by Crippen LogP contribution is 2.20. The maximum absolute atomic E-state index is 11.3. The average molecular weight is 344 g/mol. The van der Waals surface area contributed by atoms with Gasteiger partial charge < -0.3 is 15.3 Å². The molecule has 5 nitrogen and oxygen atoms in total. The molecule has 20 heavy (non-hydrogen) atoms. The second-order valence-electron chi connectivity index (χ2n) is 5.59. The monoisotopic (exact) mass is 343 g/mol. The van der Waals surface area contributed by atoms with Gasteiger partial charge in [-0.1, -0.05) is 13.8 Å². The van der Waals surface area contributed by atoms with Crippen LogP contribution in [0.25, 0.3) is 0 Å². The van der Waals surface area contributed by atoms with E-state index in [9.17, 15) is 9.90 Å². The van der Waals surface area contributed by atoms with E-state index in [4.69, 9.17) is 0 Å². The Bertz CT molecular complexity index is 454. The first-order valence-corrected chi connectivity index (χ1v) is 7.39. The van der Waals surface area contributed by atoms with Gasteiger partial charge in [0.25, 0.3) is 0 Å². The molecule has 0 aromatic carbocycles. The van der Waals surface area contributed by atoms with Crippen LogP contribution >= 0.6 is 15.9 Å². The zero-order chi connectivity index (χ0) is 15.3. The van der Waals surface area contributed by atoms with Gasteiger partial charge in [0, 0.05) is 23.3 Å². The van der Waals surface area contributed by atoms with Gasteiger partial charge >= 0.3 is 5.97 Å². The summed E-state index contributed by atoms with van der Waals surface area (Å²) in [6.45, 7) is 5.13. The Hall–Kier alpha value is -1.14. The minimum Gasteiger partial charge on any atom is -0.478 e. The number of carboxylic acid groups (broad SMARTS) is 1. The molecule has 1 unspecified atom stereocenters. The molecule has 0 amide bonds. The summed E-state index contributed by atoms with van der Waals surface area (Å²) in [7, 11) is 4.00. The number of carbonyl (C=O) groups is 1. The molecule has 0 spiro atoms. The number of nitrogens with zero attached hydrogens (tertiary/aromatic N) is 2. The summed E-state index contributed by atoms with van der Waals surface area (Å²) in [6.07, 6.45) is 2.56. The molecule has 0 aliphatic rings. The predicted octanol–water partition coefficient (Wildman–Crippen LogP) is 2.93. The molecule has 0 aliphatic carbocycles. The molecule has 1 aromatic heterocycles. The van der Waals surface area contributed by atoms with Crippen molar-refractivity contribution >= 4 is 27.7 Å². The zero-order valence-corrected chi connectivity index (χ0v) is 13.9. The van der Waals surface area contributed by atoms with Crippen molar-refractivity contribution in [1.29, 1.82) is 0 Å². The van der Waals surface area contributed by atoms with Gasteiger partial charge in [0.1, 0.15) is 11.4 Å². The van der Waals surface area contributed by atoms with E-state index in [1.807, 2.05) is 14.1 Å². The number of hydrogen-bond donors (Lipinski definition) is 2. The second kappa shape index (κ2) is 7.59. The topological polar surface area (TPSA) is 65.5 Å². The fourth-order valence-electron chi connectivity index (χ4n) is 2.10. The van der Waals surface area contributed by atoms with Crippen molar-refractivity contribution in [1.82, 2.24) is 9.88 Å². The van der Waals surface area contributed by atoms with Crippen molar-refractivity contribution in [2.24, 2.45) is 5.92 Å². The molecule has 1 aromatic rings. The molecule has 0 bridgehead atoms. The van der Waals surface area contributed by atoms with Crippen LogP contribution in [0.4, 0.5) is 5.82 Å². The molecular formula is C14H22BrN3O2. The number of aromatic nitrogens is 1. The van der Waals surface area contributed by atoms with Crippen LogP contribution < -0.4 is 5.32 Å². The Morgan fingerprint density at radius 2 is 2.15 bits per heavy atom. The molecule has 1 atom stereocenters. The number of rotatable bonds is 7. The lowest BCUT2D eigenvalue weighted by Gasteiger charge is -2.25. The summed E-state index contributed by atoms with van der Waals surface area (Å²) in [5.41, 5.74) is 0.187. The Kier molecular flexibility index (Phi) is 6.42. The van der Waals surface area contributed by atoms with Crippen molar-refractivity contribution in [2.75, 3.05) is 26.0 Å². The van der Waals surface area contributed by atoms with Gasteiger partial charge in [-0.2, -0.15) is 0 Å². The van der Waals surface area contributed by atoms with Crippen molar-refractivity contribution in [3.05, 3.63) is 22.3 Å². The molecular weight excluding hydrogens is 322 g/mol. The van der Waals surface area contributed by atoms with Crippen LogP contribution in [0.3, 0.4) is 0 Å². The molecule has 112 valence electrons. The lowest BCUT2D eigenvalue weighted by molar-refractivity contribution is 0.0697. The van der Waals surface area contributed by atoms with Crippen LogP contribution in [-0.2, 0) is 0 Å². The lowest BCUT2D eigenvalue weighted by atomic mass is 10.0. The third kappa shape index (κ3) is 5.46. The van der Waals surface area contributed by atoms with Gasteiger partial charge in [0.15, 0.2) is 0 Å². The van der Waals surface area contributed by atoms with Gasteiger partial charge in [0.05, 0.1) is 0 Å². The minimum absolute atomic E-state index is 0.164. The fraction of sp³-hybridized carbons (Fsp3) is 0.571. The van der Waals surface area contributed by atoms with E-state index in [2.05, 4.69) is 45.0 Å². The summed E-state index contributed by atoms with van der Waals surface area (Å²) in [5.74, 6) is -0.0289. The number of anilines is 1. The normalized spacial score (nSPS) is 12.8. The quantitative estimate of drug-likeness (QED) is 0.796. The van der Waals surface area contributed by atoms with E-state index >= 15 is 0 Å². The third-order valence-electron chi connectivity index (χ3n) is 2.77. The predicted molar refractivity (Wildman–Crippen MR) is 84.3 cm³/mol. The SMILES string of the molecule is CC(C)CC(CN(C)C)Nc1ncc(Br)cc1C(=O)O. The van der Waals surface area contributed by atoms with Crippen LogP contribution in [0.15, 0.2) is 16.7 Å². The highest BCUT2D eigenvalue weighted by atomic mass is 79.9. The Morgan fingerprint density at radius 3 is 2.65 bits per heavy atom. The first-order valence-electron chi connectivity index (χ1n) is 6.59. The van der Waals surface area contributed by atoms with Crippen LogP contribution in [0, 0.1) is 5.92 Å². The second-order valence-corrected chi connectivity index (χ2v) is 6.50. The standard InChI is InChI=1S/C14H22BrN3O2/c1-9(2)5-11(8-18(3)4)17-13-12(14(19)20)6-10(15)7-16-13/h6-7,9,11H,5,8H2,1-4H3,(H,16,17)(H,19,20). The van der Waals surface area contributed by atoms with E-state index in [1.54, 1.807) is 12.3 Å². The number of pyridine rings is 1. The van der Waals surface area contributed by atoms with Gasteiger partial charge in [-0.3, -0.25) is 0 Å². The molecule has 1 heterocycles. The molecule has 0 fully saturated rings. The first kappa shape index (κ1) is 16.9. The van der Waals surface area contributed by atoms with Gasteiger partial charge in [-0.25, -0.2) is 9.78 Å². The maximum Gasteiger partial charge on any atom is 0.339 e. The van der Waals surface area contributed by atoms with Gasteiger partial charge in [-0.05, 0) is 48.4 Å². The number of carboxylic acids is 1. The number of halogens is 1. The zero-order valence-electron chi connectivity index (χ0n) is 12.4. The minimum atomic E-state index is -0.977. The van der Waals surface area contributed by atoms with Gasteiger partial charge in [0.2, 0.25) is 0 Å². The van der Waals surface area contributed by atoms with Crippen LogP contribution in [-0.4, -0.2) is 47.6 Å². The van der Waals surface area contributed by atoms with E-state index in [0.29, 0.717) is 16.2 Å². The Balaban J connectivity index is 2.94. The summed E-state index contributed by atoms with van der Waals surface area (Å²) >= 11 is 3.25. The average Bonchev–Trinajstić information content (AvgIpc) is 2.29. The lowest BCUT2D eigenvalue weighted by Crippen LogP contribution is -2.34. The smallest absolute Gasteiger partial charge is 0.339 e. The molecule has 0 aliphatic heterocycles. The number of aromatic carboxylic acids is 1. The fourth-order valence-corrected chi connectivity index (χ4v) is 2.43. The van der Waals surface area contributed by atoms with E-state index in [-0.39, 0.29) is 11.6 Å². The molecule has 1 rings (SSSR count). The molecule has 2 N–H and O–H groups in total. The number of hydrogen-bond acceptors (Lipinski definition) is 4. The summed E-state index contributed by atoms with van der Waals surface area (Å²) in [5, 5.41) is 12.5. The summed E-state index contributed by atoms with van der Waals surface area (Å²) < 4.78 is 0.661. The largest absolute Gasteiger partial charge is 0.478 e. The van der Waals surface area contributed by atoms with Crippen LogP contribution in [0.1, 0.15) is 30.6 Å². The van der Waals surface area contributed by atoms with Gasteiger partial charge in [-0.15, -0.1) is 0 Å². The van der Waals surface area contributed by atoms with Crippen LogP contribution in [0.5, 0.6) is 0 Å². The van der Waals surface area contributed by atoms with Crippen molar-refractivity contribution in [2.45, 2.75) is 26.3 Å². The Labute approximate surface area is 128 Å². The molecule has 0 saturated heterocycles. The summed E-state index contributed by atoms with van der Waals surface area (Å²) in [6, 6.07) is 1.73. The Morgan fingerprint density at radius 1 is 1.50 bits per heavy atom. The molecule has 6 heteroatoms. The van der Waals surface area contributed by atoms with E-state index in [0.717, 1.165) is 13.0 Å². The van der Waals surface area contributed by atoms with Crippen molar-refractivity contribution in [3.8, 4) is 0 Å². The van der Waals surface area contributed by atoms with Crippen molar-refractivity contribution in [3.63, 3.8) is 0 Å². The highest BCUT2D eigenvalue weighted by molar-refractivity contribution is 9.10. The first-order chi connectivity index (χ1) is 9.29. The molecule has 0 saturated carbocycles. The molecule has 0 radical (unpaired) electrons. The number of likely N-dealkylation sites (N-methyl/N-ethyl adjacent to an activating group) is 1. The maximum atomic E-state index is 11.3. The van der Waals surface area contributed by atoms with E-state index < -0.39 is 5.97 Å².